The van der Waals surface area contributed by atoms with Crippen molar-refractivity contribution in [2.75, 3.05) is 110 Å². The lowest BCUT2D eigenvalue weighted by Crippen LogP contribution is -2.35. The average Bonchev–Trinajstić information content (AvgIpc) is 0.791. The predicted octanol–water partition coefficient (Wildman–Crippen LogP) is 13.9. The Labute approximate surface area is 734 Å². The number of nitrogens with zero attached hydrogens (tertiary/aromatic N) is 14. The first-order valence-electron chi connectivity index (χ1n) is 37.0. The summed E-state index contributed by atoms with van der Waals surface area (Å²) in [4.78, 5) is 72.2. The van der Waals surface area contributed by atoms with Gasteiger partial charge in [0.1, 0.15) is 58.2 Å². The van der Waals surface area contributed by atoms with E-state index in [1.54, 1.807) is 78.5 Å². The summed E-state index contributed by atoms with van der Waals surface area (Å²) in [6, 6.07) is 21.7. The zero-order valence-corrected chi connectivity index (χ0v) is 77.5. The molecule has 118 heavy (non-hydrogen) atoms. The van der Waals surface area contributed by atoms with Gasteiger partial charge in [-0.05, 0) is 267 Å². The number of ether oxygens (including phenoxy) is 5. The normalized spacial score (nSPS) is 13.6. The Bertz CT molecular complexity index is 4580. The second-order valence-corrected chi connectivity index (χ2v) is 33.8. The molecule has 14 N–H and O–H groups in total. The van der Waals surface area contributed by atoms with Gasteiger partial charge in [-0.25, -0.2) is 34.5 Å². The van der Waals surface area contributed by atoms with Crippen LogP contribution in [-0.2, 0) is 72.4 Å². The summed E-state index contributed by atoms with van der Waals surface area (Å²) in [5.41, 5.74) is 36.0. The molecular formula is C82H110Br5N21O10. The Morgan fingerprint density at radius 3 is 1.19 bits per heavy atom. The van der Waals surface area contributed by atoms with Crippen LogP contribution in [0.25, 0.3) is 0 Å². The zero-order valence-electron chi connectivity index (χ0n) is 69.5. The van der Waals surface area contributed by atoms with Crippen LogP contribution in [0.3, 0.4) is 0 Å². The molecule has 3 fully saturated rings. The molecule has 3 aliphatic rings. The van der Waals surface area contributed by atoms with E-state index in [0.717, 1.165) is 77.0 Å². The number of carbonyl (C=O) groups excluding carboxylic acids is 3. The van der Waals surface area contributed by atoms with E-state index in [0.29, 0.717) is 152 Å². The second kappa shape index (κ2) is 52.4. The molecular weight excluding hydrogens is 1840 g/mol. The molecule has 0 bridgehead atoms. The van der Waals surface area contributed by atoms with Gasteiger partial charge < -0.3 is 77.3 Å². The van der Waals surface area contributed by atoms with E-state index in [4.69, 9.17) is 68.1 Å². The molecule has 11 heterocycles. The van der Waals surface area contributed by atoms with Crippen molar-refractivity contribution in [3.63, 3.8) is 0 Å². The van der Waals surface area contributed by atoms with Crippen molar-refractivity contribution in [1.82, 2.24) is 54.6 Å². The van der Waals surface area contributed by atoms with E-state index < -0.39 is 34.6 Å². The van der Waals surface area contributed by atoms with Crippen molar-refractivity contribution in [3.05, 3.63) is 199 Å². The molecule has 0 aromatic carbocycles. The summed E-state index contributed by atoms with van der Waals surface area (Å²) in [5.74, 6) is 2.26. The third-order valence-corrected chi connectivity index (χ3v) is 19.4. The lowest BCUT2D eigenvalue weighted by molar-refractivity contribution is -0.124. The highest BCUT2D eigenvalue weighted by atomic mass is 79.9. The number of aromatic nitrogens is 8. The summed E-state index contributed by atoms with van der Waals surface area (Å²) in [5, 5.41) is 52.5. The number of carbonyl (C=O) groups is 3. The van der Waals surface area contributed by atoms with Crippen LogP contribution in [0.5, 0.6) is 0 Å². The SMILES string of the molecule is CC(C)(C)OC(=O)Nc1cc(C#N)c(Br)cn1.CN(C)Cc1cc(N)ncc1C1(O)CCOCC1.CN(C)Cc1cc(NC(=O)OC(C)(C)C)ncc1C1(O)CCOCC1.Cc1cc(CN(C)C)c(Br)cn1.Cc1cc(CN)c(Br)cn1.Cc1cc(CN)c(Br)cn1.N#Cc1cc(N)ncc1Br.N#Cc1ccnc(N)c1.O=C1CCOCC1. The van der Waals surface area contributed by atoms with E-state index >= 15 is 0 Å². The van der Waals surface area contributed by atoms with Crippen LogP contribution < -0.4 is 39.3 Å². The van der Waals surface area contributed by atoms with E-state index in [1.807, 2.05) is 96.5 Å². The highest BCUT2D eigenvalue weighted by Gasteiger charge is 2.36. The van der Waals surface area contributed by atoms with Crippen LogP contribution in [0.15, 0.2) is 127 Å². The Hall–Kier alpha value is -8.72. The molecule has 638 valence electrons. The Kier molecular flexibility index (Phi) is 45.9. The molecule has 0 radical (unpaired) electrons. The molecule has 0 saturated carbocycles. The van der Waals surface area contributed by atoms with Crippen LogP contribution in [0.2, 0.25) is 0 Å². The molecule has 8 aromatic rings. The number of anilines is 5. The van der Waals surface area contributed by atoms with E-state index in [2.05, 4.69) is 160 Å². The van der Waals surface area contributed by atoms with Gasteiger partial charge in [0.2, 0.25) is 0 Å². The maximum Gasteiger partial charge on any atom is 0.413 e. The number of nitrogens with one attached hydrogen (secondary N) is 2. The summed E-state index contributed by atoms with van der Waals surface area (Å²) in [7, 11) is 12.0. The van der Waals surface area contributed by atoms with Crippen molar-refractivity contribution in [1.29, 1.82) is 15.8 Å². The van der Waals surface area contributed by atoms with Crippen molar-refractivity contribution in [3.8, 4) is 18.2 Å². The number of pyridine rings is 8. The first-order valence-corrected chi connectivity index (χ1v) is 41.0. The molecule has 3 saturated heterocycles. The largest absolute Gasteiger partial charge is 0.444 e. The van der Waals surface area contributed by atoms with E-state index in [9.17, 15) is 24.6 Å². The quantitative estimate of drug-likeness (QED) is 0.0548. The van der Waals surface area contributed by atoms with Gasteiger partial charge in [0.15, 0.2) is 0 Å². The molecule has 36 heteroatoms. The third-order valence-electron chi connectivity index (χ3n) is 15.9. The molecule has 0 unspecified atom stereocenters. The van der Waals surface area contributed by atoms with E-state index in [-0.39, 0.29) is 5.82 Å². The number of halogens is 5. The number of amides is 2. The number of Topliss-reactive ketones (excluding diaryl/α,β-unsaturated/α-hetero) is 1. The smallest absolute Gasteiger partial charge is 0.413 e. The maximum absolute atomic E-state index is 12.0. The molecule has 8 aromatic heterocycles. The number of nitrogen functional groups attached to an aromatic ring is 3. The fourth-order valence-electron chi connectivity index (χ4n) is 10.5. The lowest BCUT2D eigenvalue weighted by atomic mass is 9.84. The number of aryl methyl sites for hydroxylation is 3. The minimum absolute atomic E-state index is 0.277. The van der Waals surface area contributed by atoms with Crippen LogP contribution >= 0.6 is 79.6 Å². The van der Waals surface area contributed by atoms with Gasteiger partial charge in [-0.2, -0.15) is 15.8 Å². The molecule has 0 aliphatic carbocycles. The standard InChI is InChI=1S/C18H29N3O4.C13H21N3O2.C11H12BrN3O2.C9H13BrN2.2C7H9BrN2.C6H4BrN3.C6H5N3.C5H8O2/c1-17(2,3)25-16(22)20-15-10-13(12-21(4)5)14(11-19-15)18(23)6-8-24-9-7-18;1-16(2)9-10-7-12(14)15-8-11(10)13(17)3-5-18-6-4-13;1-11(2,3)17-10(16)15-9-4-7(5-13)8(12)6-14-9;1-7-4-8(6-12(2)3)9(10)5-11-7;2*1-5-2-6(3-9)7(8)4-10-5;7-5-3-10-6(9)1-4(5)2-8;7-4-5-1-2-9-6(8)3-5;6-5-1-3-7-4-2-5/h10-11,23H,6-9,12H2,1-5H3,(H,19,20,22);7-8,17H,3-6,9H2,1-2H3,(H2,14,15);4,6H,1-3H3,(H,14,15,16);4-5H,6H2,1-3H3;2*2,4H,3,9H2,1H3;1,3H,(H2,9,10);1-3H,(H2,8,9);1-4H2. The van der Waals surface area contributed by atoms with Crippen molar-refractivity contribution in [2.24, 2.45) is 11.5 Å². The monoisotopic (exact) mass is 1940 g/mol. The van der Waals surface area contributed by atoms with Gasteiger partial charge in [0, 0.05) is 189 Å². The minimum atomic E-state index is -0.943. The first-order chi connectivity index (χ1) is 55.4. The maximum atomic E-state index is 12.0. The predicted molar refractivity (Wildman–Crippen MR) is 475 cm³/mol. The number of nitrogens with two attached hydrogens (primary N) is 5. The van der Waals surface area contributed by atoms with Gasteiger partial charge in [0.25, 0.3) is 0 Å². The molecule has 0 spiro atoms. The third kappa shape index (κ3) is 40.8. The van der Waals surface area contributed by atoms with Gasteiger partial charge in [-0.3, -0.25) is 30.4 Å². The van der Waals surface area contributed by atoms with Crippen molar-refractivity contribution < 1.29 is 48.3 Å². The van der Waals surface area contributed by atoms with Crippen LogP contribution in [0, 0.1) is 54.8 Å². The van der Waals surface area contributed by atoms with E-state index in [1.165, 1.54) is 42.4 Å². The number of ketones is 1. The number of rotatable bonds is 12. The highest BCUT2D eigenvalue weighted by molar-refractivity contribution is 9.11. The topological polar surface area (TPSA) is 476 Å². The van der Waals surface area contributed by atoms with Crippen molar-refractivity contribution in [2.45, 2.75) is 156 Å². The summed E-state index contributed by atoms with van der Waals surface area (Å²) < 4.78 is 30.2. The fourth-order valence-corrected chi connectivity index (χ4v) is 12.2. The Balaban J connectivity index is 0.000000352. The fraction of sp³-hybridized carbons (Fsp3) is 0.439. The van der Waals surface area contributed by atoms with Crippen molar-refractivity contribution >= 4 is 127 Å². The molecule has 31 nitrogen and oxygen atoms in total. The molecule has 3 aliphatic heterocycles. The second-order valence-electron chi connectivity index (χ2n) is 29.5. The van der Waals surface area contributed by atoms with Gasteiger partial charge >= 0.3 is 12.2 Å². The average molecular weight is 1950 g/mol. The Morgan fingerprint density at radius 2 is 0.822 bits per heavy atom. The summed E-state index contributed by atoms with van der Waals surface area (Å²) >= 11 is 16.5. The first kappa shape index (κ1) is 103. The van der Waals surface area contributed by atoms with Gasteiger partial charge in [-0.1, -0.05) is 0 Å². The summed E-state index contributed by atoms with van der Waals surface area (Å²) in [6.45, 7) is 23.6. The van der Waals surface area contributed by atoms with Gasteiger partial charge in [-0.15, -0.1) is 0 Å². The minimum Gasteiger partial charge on any atom is -0.444 e. The summed E-state index contributed by atoms with van der Waals surface area (Å²) in [6.07, 6.45) is 15.6. The lowest BCUT2D eigenvalue weighted by Gasteiger charge is -2.34. The number of aliphatic hydroxyl groups is 2. The molecule has 11 rings (SSSR count). The number of hydrogen-bond acceptors (Lipinski definition) is 29. The Morgan fingerprint density at radius 1 is 0.475 bits per heavy atom. The number of nitriles is 3. The molecule has 2 amide bonds. The van der Waals surface area contributed by atoms with Crippen LogP contribution in [-0.4, -0.2) is 176 Å². The van der Waals surface area contributed by atoms with Crippen LogP contribution in [0.4, 0.5) is 38.7 Å². The molecule has 0 atom stereocenters. The van der Waals surface area contributed by atoms with Gasteiger partial charge in [0.05, 0.1) is 56.1 Å². The highest BCUT2D eigenvalue weighted by Crippen LogP contribution is 2.37. The van der Waals surface area contributed by atoms with Crippen LogP contribution in [0.1, 0.15) is 153 Å². The number of hydrogen-bond donors (Lipinski definition) is 9. The zero-order chi connectivity index (χ0) is 88.5.